The van der Waals surface area contributed by atoms with E-state index < -0.39 is 5.41 Å². The van der Waals surface area contributed by atoms with Gasteiger partial charge in [0.05, 0.1) is 17.6 Å². The van der Waals surface area contributed by atoms with Crippen molar-refractivity contribution in [2.45, 2.75) is 50.1 Å². The molecule has 0 bridgehead atoms. The summed E-state index contributed by atoms with van der Waals surface area (Å²) in [5.41, 5.74) is 8.34. The molecule has 1 aromatic heterocycles. The minimum atomic E-state index is -0.498. The van der Waals surface area contributed by atoms with E-state index in [-0.39, 0.29) is 30.9 Å². The van der Waals surface area contributed by atoms with Gasteiger partial charge in [-0.2, -0.15) is 0 Å². The van der Waals surface area contributed by atoms with Crippen molar-refractivity contribution in [2.24, 2.45) is 5.73 Å². The number of rotatable bonds is 5. The van der Waals surface area contributed by atoms with E-state index in [4.69, 9.17) is 15.8 Å². The predicted molar refractivity (Wildman–Crippen MR) is 119 cm³/mol. The fourth-order valence-corrected chi connectivity index (χ4v) is 4.61. The van der Waals surface area contributed by atoms with Gasteiger partial charge in [-0.25, -0.2) is 14.4 Å². The molecule has 3 N–H and O–H groups in total. The topological polar surface area (TPSA) is 95.6 Å². The standard InChI is InChI=1S/C24H26FN5O2/c25-17-5-6-19-21(12-17)30(22(32)24(19)8-9-24)14-16-13-27-23(29-10-7-18(26)15-29)28-20(16)4-2-1-3-11-31/h5-6,12-13,18,31H,1,3,7-11,14-15,26H2/t18-/m0/s1. The molecule has 7 nitrogen and oxygen atoms in total. The summed E-state index contributed by atoms with van der Waals surface area (Å²) in [6.07, 6.45) is 5.31. The number of aliphatic hydroxyl groups excluding tert-OH is 1. The fourth-order valence-electron chi connectivity index (χ4n) is 4.61. The van der Waals surface area contributed by atoms with Crippen LogP contribution in [0.15, 0.2) is 24.4 Å². The molecule has 1 spiro atoms. The molecule has 32 heavy (non-hydrogen) atoms. The maximum atomic E-state index is 14.0. The number of nitrogens with two attached hydrogens (primary N) is 1. The second-order valence-electron chi connectivity index (χ2n) is 8.80. The summed E-state index contributed by atoms with van der Waals surface area (Å²) >= 11 is 0. The number of benzene rings is 1. The van der Waals surface area contributed by atoms with E-state index in [1.165, 1.54) is 12.1 Å². The van der Waals surface area contributed by atoms with Crippen LogP contribution in [0.25, 0.3) is 0 Å². The van der Waals surface area contributed by atoms with Gasteiger partial charge in [-0.1, -0.05) is 12.0 Å². The summed E-state index contributed by atoms with van der Waals surface area (Å²) in [6.45, 7) is 1.80. The number of amides is 1. The van der Waals surface area contributed by atoms with Gasteiger partial charge in [-0.05, 0) is 49.3 Å². The van der Waals surface area contributed by atoms with Gasteiger partial charge >= 0.3 is 0 Å². The van der Waals surface area contributed by atoms with Gasteiger partial charge in [0, 0.05) is 43.9 Å². The van der Waals surface area contributed by atoms with Gasteiger partial charge in [0.15, 0.2) is 0 Å². The lowest BCUT2D eigenvalue weighted by Gasteiger charge is -2.20. The molecule has 1 saturated carbocycles. The van der Waals surface area contributed by atoms with Crippen molar-refractivity contribution in [1.82, 2.24) is 9.97 Å². The first kappa shape index (κ1) is 20.9. The third-order valence-corrected chi connectivity index (χ3v) is 6.53. The van der Waals surface area contributed by atoms with Gasteiger partial charge < -0.3 is 20.6 Å². The highest BCUT2D eigenvalue weighted by atomic mass is 19.1. The Balaban J connectivity index is 1.48. The van der Waals surface area contributed by atoms with Crippen LogP contribution in [-0.4, -0.2) is 46.7 Å². The van der Waals surface area contributed by atoms with E-state index >= 15 is 0 Å². The summed E-state index contributed by atoms with van der Waals surface area (Å²) in [6, 6.07) is 4.70. The number of carbonyl (C=O) groups excluding carboxylic acids is 1. The molecule has 1 amide bonds. The molecule has 3 heterocycles. The number of hydrogen-bond donors (Lipinski definition) is 2. The van der Waals surface area contributed by atoms with E-state index in [1.54, 1.807) is 17.2 Å². The van der Waals surface area contributed by atoms with E-state index in [1.807, 2.05) is 4.90 Å². The summed E-state index contributed by atoms with van der Waals surface area (Å²) in [4.78, 5) is 26.2. The number of fused-ring (bicyclic) bond motifs is 2. The van der Waals surface area contributed by atoms with Crippen LogP contribution in [0.1, 0.15) is 48.9 Å². The number of aromatic nitrogens is 2. The molecular formula is C24H26FN5O2. The molecule has 2 aliphatic heterocycles. The highest BCUT2D eigenvalue weighted by Crippen LogP contribution is 2.57. The summed E-state index contributed by atoms with van der Waals surface area (Å²) in [5, 5.41) is 9.03. The molecule has 166 valence electrons. The van der Waals surface area contributed by atoms with Gasteiger partial charge in [0.2, 0.25) is 11.9 Å². The summed E-state index contributed by atoms with van der Waals surface area (Å²) < 4.78 is 14.0. The van der Waals surface area contributed by atoms with E-state index in [0.29, 0.717) is 36.7 Å². The van der Waals surface area contributed by atoms with Crippen molar-refractivity contribution < 1.29 is 14.3 Å². The highest BCUT2D eigenvalue weighted by Gasteiger charge is 2.59. The second kappa shape index (κ2) is 8.15. The molecular weight excluding hydrogens is 409 g/mol. The largest absolute Gasteiger partial charge is 0.396 e. The number of nitrogens with zero attached hydrogens (tertiary/aromatic N) is 4. The van der Waals surface area contributed by atoms with Crippen LogP contribution in [0, 0.1) is 17.7 Å². The van der Waals surface area contributed by atoms with Gasteiger partial charge in [0.25, 0.3) is 0 Å². The normalized spacial score (nSPS) is 20.5. The van der Waals surface area contributed by atoms with Crippen LogP contribution in [0.2, 0.25) is 0 Å². The van der Waals surface area contributed by atoms with Crippen LogP contribution >= 0.6 is 0 Å². The number of hydrogen-bond acceptors (Lipinski definition) is 6. The number of carbonyl (C=O) groups is 1. The van der Waals surface area contributed by atoms with Crippen molar-refractivity contribution in [2.75, 3.05) is 29.5 Å². The molecule has 3 aliphatic rings. The molecule has 1 aromatic carbocycles. The second-order valence-corrected chi connectivity index (χ2v) is 8.80. The first-order valence-corrected chi connectivity index (χ1v) is 11.1. The van der Waals surface area contributed by atoms with E-state index in [9.17, 15) is 9.18 Å². The average Bonchev–Trinajstić information content (AvgIpc) is 3.43. The van der Waals surface area contributed by atoms with Crippen LogP contribution in [0.4, 0.5) is 16.0 Å². The molecule has 0 radical (unpaired) electrons. The number of aliphatic hydroxyl groups is 1. The van der Waals surface area contributed by atoms with Crippen molar-refractivity contribution in [1.29, 1.82) is 0 Å². The Kier molecular flexibility index (Phi) is 5.31. The van der Waals surface area contributed by atoms with Gasteiger partial charge in [0.1, 0.15) is 11.5 Å². The molecule has 0 unspecified atom stereocenters. The molecule has 2 aromatic rings. The Morgan fingerprint density at radius 2 is 2.19 bits per heavy atom. The predicted octanol–water partition coefficient (Wildman–Crippen LogP) is 1.86. The zero-order valence-corrected chi connectivity index (χ0v) is 17.9. The molecule has 2 fully saturated rings. The van der Waals surface area contributed by atoms with Crippen LogP contribution in [0.5, 0.6) is 0 Å². The lowest BCUT2D eigenvalue weighted by Crippen LogP contribution is -2.32. The Morgan fingerprint density at radius 1 is 1.34 bits per heavy atom. The van der Waals surface area contributed by atoms with Crippen molar-refractivity contribution in [3.05, 3.63) is 47.0 Å². The van der Waals surface area contributed by atoms with E-state index in [0.717, 1.165) is 36.9 Å². The Morgan fingerprint density at radius 3 is 2.91 bits per heavy atom. The minimum absolute atomic E-state index is 0.00637. The highest BCUT2D eigenvalue weighted by molar-refractivity contribution is 6.10. The summed E-state index contributed by atoms with van der Waals surface area (Å²) in [5.74, 6) is 6.38. The van der Waals surface area contributed by atoms with Crippen LogP contribution in [-0.2, 0) is 16.8 Å². The maximum absolute atomic E-state index is 14.0. The lowest BCUT2D eigenvalue weighted by atomic mass is 9.98. The molecule has 5 rings (SSSR count). The minimum Gasteiger partial charge on any atom is -0.396 e. The SMILES string of the molecule is N[C@H]1CCN(c2ncc(CN3C(=O)C4(CC4)c4ccc(F)cc43)c(C#CCCCO)n2)C1. The van der Waals surface area contributed by atoms with E-state index in [2.05, 4.69) is 16.8 Å². The fraction of sp³-hybridized carbons (Fsp3) is 0.458. The lowest BCUT2D eigenvalue weighted by molar-refractivity contribution is -0.120. The van der Waals surface area contributed by atoms with Crippen molar-refractivity contribution in [3.8, 4) is 11.8 Å². The first-order valence-electron chi connectivity index (χ1n) is 11.1. The smallest absolute Gasteiger partial charge is 0.238 e. The molecule has 1 atom stereocenters. The number of unbranched alkanes of at least 4 members (excludes halogenated alkanes) is 1. The Labute approximate surface area is 186 Å². The first-order chi connectivity index (χ1) is 15.5. The maximum Gasteiger partial charge on any atom is 0.238 e. The zero-order chi connectivity index (χ0) is 22.3. The quantitative estimate of drug-likeness (QED) is 0.550. The van der Waals surface area contributed by atoms with Crippen LogP contribution in [0.3, 0.4) is 0 Å². The van der Waals surface area contributed by atoms with Gasteiger partial charge in [-0.3, -0.25) is 4.79 Å². The molecule has 1 aliphatic carbocycles. The molecule has 8 heteroatoms. The Bertz CT molecular complexity index is 1120. The monoisotopic (exact) mass is 435 g/mol. The number of anilines is 2. The zero-order valence-electron chi connectivity index (χ0n) is 17.9. The van der Waals surface area contributed by atoms with Crippen LogP contribution < -0.4 is 15.5 Å². The van der Waals surface area contributed by atoms with Crippen molar-refractivity contribution in [3.63, 3.8) is 0 Å². The third-order valence-electron chi connectivity index (χ3n) is 6.53. The third kappa shape index (κ3) is 3.61. The number of halogens is 1. The van der Waals surface area contributed by atoms with Crippen molar-refractivity contribution >= 4 is 17.5 Å². The Hall–Kier alpha value is -3.02. The summed E-state index contributed by atoms with van der Waals surface area (Å²) in [7, 11) is 0. The average molecular weight is 436 g/mol. The molecule has 1 saturated heterocycles. The van der Waals surface area contributed by atoms with Gasteiger partial charge in [-0.15, -0.1) is 0 Å².